The predicted molar refractivity (Wildman–Crippen MR) is 195 cm³/mol. The molecule has 0 radical (unpaired) electrons. The lowest BCUT2D eigenvalue weighted by atomic mass is 10.0. The van der Waals surface area contributed by atoms with Gasteiger partial charge in [0, 0.05) is 48.0 Å². The van der Waals surface area contributed by atoms with Crippen LogP contribution in [0.15, 0.2) is 76.2 Å². The number of benzene rings is 1. The fourth-order valence-corrected chi connectivity index (χ4v) is 8.57. The molecule has 286 valence electrons. The number of fused-ring (bicyclic) bond motifs is 1. The Morgan fingerprint density at radius 2 is 1.95 bits per heavy atom. The number of phenolic OH excluding ortho intramolecular Hbond substituents is 1. The van der Waals surface area contributed by atoms with Crippen LogP contribution < -0.4 is 26.0 Å². The molecule has 4 amide bonds. The van der Waals surface area contributed by atoms with Crippen LogP contribution in [0.1, 0.15) is 43.4 Å². The number of anilines is 2. The number of nitrogens with one attached hydrogen (secondary N) is 2. The summed E-state index contributed by atoms with van der Waals surface area (Å²) < 4.78 is 15.6. The van der Waals surface area contributed by atoms with Crippen molar-refractivity contribution in [2.24, 2.45) is 5.16 Å². The number of carboxylic acid groups (broad SMARTS) is 1. The molecular weight excluding hydrogens is 756 g/mol. The summed E-state index contributed by atoms with van der Waals surface area (Å²) in [6, 6.07) is 5.85. The van der Waals surface area contributed by atoms with E-state index in [9.17, 15) is 38.6 Å². The largest absolute Gasteiger partial charge is 0.543 e. The molecule has 19 heteroatoms. The van der Waals surface area contributed by atoms with E-state index in [-0.39, 0.29) is 70.1 Å². The third-order valence-electron chi connectivity index (χ3n) is 9.50. The number of aromatic nitrogens is 2. The minimum Gasteiger partial charge on any atom is -0.543 e. The van der Waals surface area contributed by atoms with E-state index in [1.165, 1.54) is 30.0 Å². The minimum atomic E-state index is -1.58. The number of thioether (sulfide) groups is 1. The Morgan fingerprint density at radius 3 is 2.64 bits per heavy atom. The molecule has 0 spiro atoms. The number of amides is 4. The van der Waals surface area contributed by atoms with E-state index >= 15 is 0 Å². The van der Waals surface area contributed by atoms with Gasteiger partial charge in [-0.3, -0.25) is 24.1 Å². The fourth-order valence-electron chi connectivity index (χ4n) is 6.72. The first-order valence-corrected chi connectivity index (χ1v) is 19.3. The second kappa shape index (κ2) is 15.9. The molecule has 1 saturated carbocycles. The van der Waals surface area contributed by atoms with Crippen LogP contribution in [0, 0.1) is 5.82 Å². The van der Waals surface area contributed by atoms with E-state index < -0.39 is 40.9 Å². The first kappa shape index (κ1) is 37.5. The summed E-state index contributed by atoms with van der Waals surface area (Å²) in [5.41, 5.74) is 6.83. The van der Waals surface area contributed by atoms with Gasteiger partial charge in [-0.25, -0.2) is 9.37 Å². The van der Waals surface area contributed by atoms with Gasteiger partial charge in [0.05, 0.1) is 17.4 Å². The number of hydrogen-bond donors (Lipinski definition) is 4. The van der Waals surface area contributed by atoms with Crippen molar-refractivity contribution >= 4 is 69.2 Å². The molecule has 1 aromatic carbocycles. The number of thiazole rings is 1. The molecule has 3 aliphatic heterocycles. The molecule has 3 aromatic rings. The molecule has 1 aliphatic carbocycles. The number of nitrogens with zero attached hydrogens (tertiary/aromatic N) is 5. The van der Waals surface area contributed by atoms with Crippen molar-refractivity contribution < 1.29 is 48.0 Å². The molecule has 16 nitrogen and oxygen atoms in total. The molecule has 2 atom stereocenters. The zero-order valence-electron chi connectivity index (χ0n) is 29.1. The maximum absolute atomic E-state index is 14.0. The summed E-state index contributed by atoms with van der Waals surface area (Å²) in [6.07, 6.45) is 8.60. The average molecular weight is 791 g/mol. The van der Waals surface area contributed by atoms with Crippen LogP contribution in [0.25, 0.3) is 0 Å². The standard InChI is InChI=1S/C36H35FN8O8S2/c37-24-14-22(46)5-6-25(24)39-27(47)16-43-10-7-19(8-11-43)15-44-12-9-20(32(44)49)13-21-17-54-34-29(33(50)45(34)30(21)35(51)52)41-31(48)28(26-18-55-36(38)40-26)42-53-23-3-1-2-4-23/h5-8,10-11,13-14,18,23,29,34H,1-4,9,12,15-17H2,(H5-,38,39,40,41,42,46,47,48,51,52)/t29-,34-/m1/s1. The lowest BCUT2D eigenvalue weighted by Gasteiger charge is -2.50. The summed E-state index contributed by atoms with van der Waals surface area (Å²) in [5, 5.41) is 32.0. The van der Waals surface area contributed by atoms with Gasteiger partial charge in [-0.05, 0) is 61.4 Å². The van der Waals surface area contributed by atoms with Crippen molar-refractivity contribution in [3.63, 3.8) is 0 Å². The van der Waals surface area contributed by atoms with Gasteiger partial charge in [0.2, 0.25) is 12.5 Å². The third kappa shape index (κ3) is 8.16. The number of hydrogen-bond acceptors (Lipinski definition) is 13. The first-order valence-electron chi connectivity index (χ1n) is 17.4. The number of rotatable bonds is 12. The molecular formula is C36H35FN8O8S2. The summed E-state index contributed by atoms with van der Waals surface area (Å²) in [5.74, 6) is -4.61. The van der Waals surface area contributed by atoms with Crippen molar-refractivity contribution in [2.75, 3.05) is 23.3 Å². The number of aliphatic carboxylic acids is 1. The van der Waals surface area contributed by atoms with Crippen LogP contribution >= 0.6 is 23.1 Å². The van der Waals surface area contributed by atoms with Crippen LogP contribution in [-0.4, -0.2) is 85.0 Å². The number of aromatic hydroxyl groups is 1. The smallest absolute Gasteiger partial charge is 0.290 e. The second-order valence-electron chi connectivity index (χ2n) is 13.3. The van der Waals surface area contributed by atoms with Gasteiger partial charge in [-0.15, -0.1) is 23.1 Å². The molecule has 55 heavy (non-hydrogen) atoms. The number of oxime groups is 1. The summed E-state index contributed by atoms with van der Waals surface area (Å²) in [6.45, 7) is 0.519. The van der Waals surface area contributed by atoms with Crippen LogP contribution in [0.2, 0.25) is 0 Å². The number of likely N-dealkylation sites (tertiary alicyclic amines) is 1. The van der Waals surface area contributed by atoms with Gasteiger partial charge in [-0.1, -0.05) is 5.16 Å². The monoisotopic (exact) mass is 790 g/mol. The van der Waals surface area contributed by atoms with Crippen LogP contribution in [-0.2, 0) is 41.9 Å². The zero-order chi connectivity index (χ0) is 38.8. The van der Waals surface area contributed by atoms with Crippen molar-refractivity contribution in [1.82, 2.24) is 20.1 Å². The number of phenols is 1. The number of carboxylic acids is 1. The van der Waals surface area contributed by atoms with Crippen LogP contribution in [0.4, 0.5) is 15.2 Å². The lowest BCUT2D eigenvalue weighted by molar-refractivity contribution is -0.684. The summed E-state index contributed by atoms with van der Waals surface area (Å²) in [7, 11) is 0. The zero-order valence-corrected chi connectivity index (χ0v) is 30.7. The Kier molecular flexibility index (Phi) is 10.8. The van der Waals surface area contributed by atoms with E-state index in [0.717, 1.165) is 53.5 Å². The topological polar surface area (TPSA) is 224 Å². The number of carbonyl (C=O) groups excluding carboxylic acids is 5. The van der Waals surface area contributed by atoms with E-state index in [1.807, 2.05) is 0 Å². The van der Waals surface area contributed by atoms with Crippen molar-refractivity contribution in [3.8, 4) is 5.75 Å². The number of carbonyl (C=O) groups is 5. The molecule has 5 heterocycles. The minimum absolute atomic E-state index is 0.0608. The molecule has 2 aromatic heterocycles. The number of allylic oxidation sites excluding steroid dienone is 1. The number of halogens is 1. The van der Waals surface area contributed by atoms with Gasteiger partial charge in [0.1, 0.15) is 34.8 Å². The highest BCUT2D eigenvalue weighted by molar-refractivity contribution is 8.00. The number of nitrogen functional groups attached to an aromatic ring is 1. The number of pyridine rings is 1. The quantitative estimate of drug-likeness (QED) is 0.0504. The fraction of sp³-hybridized carbons (Fsp3) is 0.333. The molecule has 7 rings (SSSR count). The normalized spacial score (nSPS) is 20.8. The van der Waals surface area contributed by atoms with Crippen LogP contribution in [0.5, 0.6) is 5.75 Å². The van der Waals surface area contributed by atoms with E-state index in [2.05, 4.69) is 20.8 Å². The molecule has 0 bridgehead atoms. The summed E-state index contributed by atoms with van der Waals surface area (Å²) >= 11 is 2.36. The van der Waals surface area contributed by atoms with Crippen LogP contribution in [0.3, 0.4) is 0 Å². The Morgan fingerprint density at radius 1 is 1.18 bits per heavy atom. The van der Waals surface area contributed by atoms with E-state index in [1.54, 1.807) is 39.4 Å². The van der Waals surface area contributed by atoms with Gasteiger partial charge >= 0.3 is 0 Å². The molecule has 3 fully saturated rings. The van der Waals surface area contributed by atoms with Gasteiger partial charge in [0.25, 0.3) is 17.7 Å². The maximum atomic E-state index is 14.0. The van der Waals surface area contributed by atoms with Gasteiger partial charge < -0.3 is 41.1 Å². The number of β-lactam (4-membered cyclic amide) rings is 1. The predicted octanol–water partition coefficient (Wildman–Crippen LogP) is 0.922. The van der Waals surface area contributed by atoms with Crippen molar-refractivity contribution in [2.45, 2.75) is 62.7 Å². The summed E-state index contributed by atoms with van der Waals surface area (Å²) in [4.78, 5) is 77.5. The van der Waals surface area contributed by atoms with E-state index in [0.29, 0.717) is 18.5 Å². The Labute approximate surface area is 321 Å². The van der Waals surface area contributed by atoms with Gasteiger partial charge in [0.15, 0.2) is 23.2 Å². The molecule has 5 N–H and O–H groups in total. The highest BCUT2D eigenvalue weighted by Gasteiger charge is 2.53. The molecule has 4 aliphatic rings. The molecule has 0 unspecified atom stereocenters. The Bertz CT molecular complexity index is 2150. The highest BCUT2D eigenvalue weighted by Crippen LogP contribution is 2.41. The average Bonchev–Trinajstić information content (AvgIpc) is 3.92. The Hall–Kier alpha value is -5.82. The number of nitrogens with two attached hydrogens (primary N) is 1. The van der Waals surface area contributed by atoms with Crippen molar-refractivity contribution in [3.05, 3.63) is 88.1 Å². The first-order chi connectivity index (χ1) is 26.4. The maximum Gasteiger partial charge on any atom is 0.290 e. The highest BCUT2D eigenvalue weighted by atomic mass is 32.2. The SMILES string of the molecule is Nc1nc(/C(=N/OC2CCCC2)C(=O)N[C@@H]2C(=O)N3C(C(=O)[O-])=C(C=C4CCN(Cc5cc[n+](CC(=O)Nc6ccc(O)cc6F)cc5)C4=O)CS[C@H]23)cs1. The second-order valence-corrected chi connectivity index (χ2v) is 15.3. The lowest BCUT2D eigenvalue weighted by Crippen LogP contribution is -2.71. The van der Waals surface area contributed by atoms with E-state index in [4.69, 9.17) is 10.6 Å². The van der Waals surface area contributed by atoms with Gasteiger partial charge in [-0.2, -0.15) is 4.57 Å². The molecule has 2 saturated heterocycles. The Balaban J connectivity index is 0.979. The van der Waals surface area contributed by atoms with Crippen molar-refractivity contribution in [1.29, 1.82) is 0 Å². The third-order valence-corrected chi connectivity index (χ3v) is 11.5.